The van der Waals surface area contributed by atoms with E-state index >= 15 is 0 Å². The van der Waals surface area contributed by atoms with Crippen LogP contribution in [0.5, 0.6) is 0 Å². The van der Waals surface area contributed by atoms with Gasteiger partial charge in [-0.2, -0.15) is 5.26 Å². The van der Waals surface area contributed by atoms with E-state index in [0.717, 1.165) is 17.0 Å². The number of hydrogen-bond donors (Lipinski definition) is 1. The second-order valence-electron chi connectivity index (χ2n) is 6.07. The van der Waals surface area contributed by atoms with E-state index in [2.05, 4.69) is 6.07 Å². The first-order chi connectivity index (χ1) is 13.3. The molecule has 0 aliphatic carbocycles. The number of esters is 2. The first kappa shape index (κ1) is 21.3. The van der Waals surface area contributed by atoms with Crippen molar-refractivity contribution in [3.8, 4) is 17.2 Å². The van der Waals surface area contributed by atoms with Crippen LogP contribution in [0.4, 0.5) is 10.7 Å². The molecule has 0 aliphatic rings. The standard InChI is InChI=1S/C20H23N3O4S/c1-5-26-19(24)16(20(25)27-6-2)17-15(14(11-21)18(22)28-17)12-7-9-13(10-8-12)23(3)4/h7-10,16H,5-6,22H2,1-4H3. The van der Waals surface area contributed by atoms with Crippen molar-refractivity contribution in [2.45, 2.75) is 19.8 Å². The molecule has 8 heteroatoms. The maximum absolute atomic E-state index is 12.5. The Morgan fingerprint density at radius 2 is 1.68 bits per heavy atom. The SMILES string of the molecule is CCOC(=O)C(C(=O)OCC)c1sc(N)c(C#N)c1-c1ccc(N(C)C)cc1. The second kappa shape index (κ2) is 9.24. The molecule has 0 atom stereocenters. The Morgan fingerprint density at radius 1 is 1.14 bits per heavy atom. The molecule has 0 radical (unpaired) electrons. The van der Waals surface area contributed by atoms with E-state index in [1.165, 1.54) is 0 Å². The normalized spacial score (nSPS) is 10.4. The van der Waals surface area contributed by atoms with E-state index in [1.54, 1.807) is 13.8 Å². The number of nitrogens with zero attached hydrogens (tertiary/aromatic N) is 2. The molecule has 7 nitrogen and oxygen atoms in total. The van der Waals surface area contributed by atoms with Gasteiger partial charge in [-0.25, -0.2) is 0 Å². The molecule has 0 aliphatic heterocycles. The number of ether oxygens (including phenoxy) is 2. The van der Waals surface area contributed by atoms with Crippen molar-refractivity contribution in [1.29, 1.82) is 5.26 Å². The largest absolute Gasteiger partial charge is 0.465 e. The van der Waals surface area contributed by atoms with Gasteiger partial charge >= 0.3 is 11.9 Å². The Labute approximate surface area is 168 Å². The average molecular weight is 401 g/mol. The number of nitriles is 1. The van der Waals surface area contributed by atoms with Gasteiger partial charge in [0.1, 0.15) is 11.1 Å². The number of thiophene rings is 1. The minimum Gasteiger partial charge on any atom is -0.465 e. The number of carbonyl (C=O) groups excluding carboxylic acids is 2. The van der Waals surface area contributed by atoms with Crippen LogP contribution < -0.4 is 10.6 Å². The number of anilines is 2. The summed E-state index contributed by atoms with van der Waals surface area (Å²) >= 11 is 1.03. The molecular weight excluding hydrogens is 378 g/mol. The Morgan fingerprint density at radius 3 is 2.11 bits per heavy atom. The summed E-state index contributed by atoms with van der Waals surface area (Å²) in [5.74, 6) is -2.74. The van der Waals surface area contributed by atoms with E-state index in [9.17, 15) is 14.9 Å². The van der Waals surface area contributed by atoms with Crippen molar-refractivity contribution in [2.75, 3.05) is 37.9 Å². The zero-order valence-electron chi connectivity index (χ0n) is 16.3. The van der Waals surface area contributed by atoms with Crippen LogP contribution in [0.3, 0.4) is 0 Å². The first-order valence-corrected chi connectivity index (χ1v) is 9.60. The fourth-order valence-corrected chi connectivity index (χ4v) is 3.87. The van der Waals surface area contributed by atoms with Crippen LogP contribution in [-0.2, 0) is 19.1 Å². The predicted molar refractivity (Wildman–Crippen MR) is 109 cm³/mol. The number of nitrogen functional groups attached to an aromatic ring is 1. The molecule has 0 unspecified atom stereocenters. The summed E-state index contributed by atoms with van der Waals surface area (Å²) in [6.45, 7) is 3.55. The lowest BCUT2D eigenvalue weighted by Gasteiger charge is -2.16. The average Bonchev–Trinajstić information content (AvgIpc) is 2.98. The summed E-state index contributed by atoms with van der Waals surface area (Å²) in [5, 5.41) is 9.86. The van der Waals surface area contributed by atoms with Gasteiger partial charge in [0.05, 0.1) is 18.8 Å². The quantitative estimate of drug-likeness (QED) is 0.561. The minimum atomic E-state index is -1.29. The van der Waals surface area contributed by atoms with Crippen LogP contribution in [-0.4, -0.2) is 39.2 Å². The molecule has 148 valence electrons. The number of carbonyl (C=O) groups is 2. The summed E-state index contributed by atoms with van der Waals surface area (Å²) < 4.78 is 10.2. The van der Waals surface area contributed by atoms with E-state index in [1.807, 2.05) is 43.3 Å². The number of rotatable bonds is 7. The van der Waals surface area contributed by atoms with Crippen molar-refractivity contribution in [3.05, 3.63) is 34.7 Å². The van der Waals surface area contributed by atoms with Crippen molar-refractivity contribution in [2.24, 2.45) is 0 Å². The maximum Gasteiger partial charge on any atom is 0.325 e. The van der Waals surface area contributed by atoms with Crippen LogP contribution in [0.15, 0.2) is 24.3 Å². The molecule has 0 bridgehead atoms. The van der Waals surface area contributed by atoms with E-state index in [0.29, 0.717) is 16.0 Å². The first-order valence-electron chi connectivity index (χ1n) is 8.78. The van der Waals surface area contributed by atoms with Gasteiger partial charge in [0.25, 0.3) is 0 Å². The Balaban J connectivity index is 2.67. The zero-order chi connectivity index (χ0) is 20.8. The monoisotopic (exact) mass is 401 g/mol. The predicted octanol–water partition coefficient (Wildman–Crippen LogP) is 3.14. The maximum atomic E-state index is 12.5. The topological polar surface area (TPSA) is 106 Å². The van der Waals surface area contributed by atoms with Crippen LogP contribution >= 0.6 is 11.3 Å². The van der Waals surface area contributed by atoms with Gasteiger partial charge in [0, 0.05) is 30.2 Å². The highest BCUT2D eigenvalue weighted by atomic mass is 32.1. The van der Waals surface area contributed by atoms with Gasteiger partial charge in [0.15, 0.2) is 5.92 Å². The molecule has 1 aromatic heterocycles. The van der Waals surface area contributed by atoms with Crippen LogP contribution in [0.2, 0.25) is 0 Å². The summed E-state index contributed by atoms with van der Waals surface area (Å²) in [7, 11) is 3.84. The third-order valence-corrected chi connectivity index (χ3v) is 5.14. The Bertz CT molecular complexity index is 879. The smallest absolute Gasteiger partial charge is 0.325 e. The minimum absolute atomic E-state index is 0.119. The molecule has 1 heterocycles. The van der Waals surface area contributed by atoms with Crippen molar-refractivity contribution >= 4 is 34.0 Å². The number of nitrogens with two attached hydrogens (primary N) is 1. The number of benzene rings is 1. The van der Waals surface area contributed by atoms with E-state index < -0.39 is 17.9 Å². The van der Waals surface area contributed by atoms with Gasteiger partial charge in [0.2, 0.25) is 0 Å². The van der Waals surface area contributed by atoms with Crippen LogP contribution in [0, 0.1) is 11.3 Å². The van der Waals surface area contributed by atoms with E-state index in [-0.39, 0.29) is 23.8 Å². The molecule has 2 aromatic rings. The van der Waals surface area contributed by atoms with Crippen molar-refractivity contribution in [1.82, 2.24) is 0 Å². The van der Waals surface area contributed by atoms with Gasteiger partial charge in [-0.15, -0.1) is 11.3 Å². The van der Waals surface area contributed by atoms with Crippen molar-refractivity contribution < 1.29 is 19.1 Å². The number of hydrogen-bond acceptors (Lipinski definition) is 8. The van der Waals surface area contributed by atoms with Gasteiger partial charge in [-0.1, -0.05) is 12.1 Å². The lowest BCUT2D eigenvalue weighted by Crippen LogP contribution is -2.26. The summed E-state index contributed by atoms with van der Waals surface area (Å²) in [4.78, 5) is 27.4. The summed E-state index contributed by atoms with van der Waals surface area (Å²) in [5.41, 5.74) is 8.39. The third-order valence-electron chi connectivity index (χ3n) is 4.05. The molecule has 1 aromatic carbocycles. The third kappa shape index (κ3) is 4.26. The fourth-order valence-electron chi connectivity index (χ4n) is 2.76. The molecule has 0 spiro atoms. The fraction of sp³-hybridized carbons (Fsp3) is 0.350. The highest BCUT2D eigenvalue weighted by Gasteiger charge is 2.37. The Kier molecular flexibility index (Phi) is 7.01. The summed E-state index contributed by atoms with van der Waals surface area (Å²) in [6, 6.07) is 9.52. The van der Waals surface area contributed by atoms with Crippen LogP contribution in [0.1, 0.15) is 30.2 Å². The highest BCUT2D eigenvalue weighted by molar-refractivity contribution is 7.17. The Hall–Kier alpha value is -3.05. The molecule has 2 rings (SSSR count). The molecule has 0 amide bonds. The highest BCUT2D eigenvalue weighted by Crippen LogP contribution is 2.43. The lowest BCUT2D eigenvalue weighted by molar-refractivity contribution is -0.156. The molecule has 0 fully saturated rings. The molecule has 2 N–H and O–H groups in total. The van der Waals surface area contributed by atoms with Gasteiger partial charge in [-0.05, 0) is 31.5 Å². The molecular formula is C20H23N3O4S. The van der Waals surface area contributed by atoms with Gasteiger partial charge < -0.3 is 20.1 Å². The van der Waals surface area contributed by atoms with Gasteiger partial charge in [-0.3, -0.25) is 9.59 Å². The van der Waals surface area contributed by atoms with Crippen molar-refractivity contribution in [3.63, 3.8) is 0 Å². The zero-order valence-corrected chi connectivity index (χ0v) is 17.1. The summed E-state index contributed by atoms with van der Waals surface area (Å²) in [6.07, 6.45) is 0. The molecule has 0 saturated carbocycles. The molecule has 28 heavy (non-hydrogen) atoms. The van der Waals surface area contributed by atoms with Crippen LogP contribution in [0.25, 0.3) is 11.1 Å². The second-order valence-corrected chi connectivity index (χ2v) is 7.15. The molecule has 0 saturated heterocycles. The lowest BCUT2D eigenvalue weighted by atomic mass is 9.95. The van der Waals surface area contributed by atoms with E-state index in [4.69, 9.17) is 15.2 Å².